The van der Waals surface area contributed by atoms with Gasteiger partial charge in [-0.25, -0.2) is 8.42 Å². The van der Waals surface area contributed by atoms with Crippen molar-refractivity contribution in [3.63, 3.8) is 0 Å². The van der Waals surface area contributed by atoms with Crippen molar-refractivity contribution in [2.24, 2.45) is 0 Å². The SMILES string of the molecule is CC(=O)Nc1ccc(S(=O)(=O)N2CCC2)cc1. The van der Waals surface area contributed by atoms with Gasteiger partial charge in [-0.3, -0.25) is 4.79 Å². The lowest BCUT2D eigenvalue weighted by Gasteiger charge is -2.29. The number of nitrogens with zero attached hydrogens (tertiary/aromatic N) is 1. The lowest BCUT2D eigenvalue weighted by atomic mass is 10.3. The zero-order chi connectivity index (χ0) is 12.5. The molecular formula is C11H14N2O3S. The van der Waals surface area contributed by atoms with E-state index in [4.69, 9.17) is 0 Å². The van der Waals surface area contributed by atoms with Crippen LogP contribution < -0.4 is 5.32 Å². The van der Waals surface area contributed by atoms with Crippen LogP contribution in [0.1, 0.15) is 13.3 Å². The molecule has 1 heterocycles. The largest absolute Gasteiger partial charge is 0.326 e. The number of nitrogens with one attached hydrogen (secondary N) is 1. The first-order valence-corrected chi connectivity index (χ1v) is 6.82. The molecule has 0 atom stereocenters. The molecule has 0 aromatic heterocycles. The Balaban J connectivity index is 2.20. The summed E-state index contributed by atoms with van der Waals surface area (Å²) in [5.74, 6) is -0.177. The minimum absolute atomic E-state index is 0.177. The summed E-state index contributed by atoms with van der Waals surface area (Å²) >= 11 is 0. The van der Waals surface area contributed by atoms with Crippen LogP contribution in [-0.4, -0.2) is 31.7 Å². The van der Waals surface area contributed by atoms with Crippen molar-refractivity contribution in [2.45, 2.75) is 18.2 Å². The summed E-state index contributed by atoms with van der Waals surface area (Å²) in [4.78, 5) is 11.1. The van der Waals surface area contributed by atoms with Crippen molar-refractivity contribution >= 4 is 21.6 Å². The summed E-state index contributed by atoms with van der Waals surface area (Å²) in [5.41, 5.74) is 0.597. The van der Waals surface area contributed by atoms with Crippen LogP contribution in [0.3, 0.4) is 0 Å². The fourth-order valence-corrected chi connectivity index (χ4v) is 3.11. The molecule has 1 aliphatic rings. The smallest absolute Gasteiger partial charge is 0.243 e. The maximum Gasteiger partial charge on any atom is 0.243 e. The van der Waals surface area contributed by atoms with Crippen molar-refractivity contribution in [3.05, 3.63) is 24.3 Å². The van der Waals surface area contributed by atoms with Crippen molar-refractivity contribution in [1.82, 2.24) is 4.31 Å². The van der Waals surface area contributed by atoms with Crippen molar-refractivity contribution in [2.75, 3.05) is 18.4 Å². The topological polar surface area (TPSA) is 66.5 Å². The minimum atomic E-state index is -3.33. The van der Waals surface area contributed by atoms with Crippen molar-refractivity contribution in [1.29, 1.82) is 0 Å². The second kappa shape index (κ2) is 4.46. The van der Waals surface area contributed by atoms with Gasteiger partial charge in [0.25, 0.3) is 0 Å². The summed E-state index contributed by atoms with van der Waals surface area (Å²) in [6, 6.07) is 6.21. The predicted octanol–water partition coefficient (Wildman–Crippen LogP) is 1.04. The highest BCUT2D eigenvalue weighted by atomic mass is 32.2. The van der Waals surface area contributed by atoms with Crippen LogP contribution >= 0.6 is 0 Å². The third-order valence-electron chi connectivity index (χ3n) is 2.63. The monoisotopic (exact) mass is 254 g/mol. The van der Waals surface area contributed by atoms with Gasteiger partial charge in [-0.2, -0.15) is 4.31 Å². The van der Waals surface area contributed by atoms with Crippen LogP contribution in [0.2, 0.25) is 0 Å². The Morgan fingerprint density at radius 1 is 1.24 bits per heavy atom. The molecule has 1 aromatic rings. The Morgan fingerprint density at radius 2 is 1.82 bits per heavy atom. The molecule has 0 spiro atoms. The van der Waals surface area contributed by atoms with Crippen LogP contribution in [0.4, 0.5) is 5.69 Å². The summed E-state index contributed by atoms with van der Waals surface area (Å²) in [6.45, 7) is 2.59. The van der Waals surface area contributed by atoms with Crippen LogP contribution in [0.5, 0.6) is 0 Å². The first kappa shape index (κ1) is 12.1. The van der Waals surface area contributed by atoms with Gasteiger partial charge in [0, 0.05) is 25.7 Å². The zero-order valence-electron chi connectivity index (χ0n) is 9.51. The van der Waals surface area contributed by atoms with E-state index >= 15 is 0 Å². The Morgan fingerprint density at radius 3 is 2.24 bits per heavy atom. The molecule has 0 bridgehead atoms. The highest BCUT2D eigenvalue weighted by Gasteiger charge is 2.28. The number of carbonyl (C=O) groups excluding carboxylic acids is 1. The first-order valence-electron chi connectivity index (χ1n) is 5.38. The van der Waals surface area contributed by atoms with Crippen LogP contribution in [-0.2, 0) is 14.8 Å². The van der Waals surface area contributed by atoms with Gasteiger partial charge >= 0.3 is 0 Å². The lowest BCUT2D eigenvalue weighted by molar-refractivity contribution is -0.114. The standard InChI is InChI=1S/C11H14N2O3S/c1-9(14)12-10-3-5-11(6-4-10)17(15,16)13-7-2-8-13/h3-6H,2,7-8H2,1H3,(H,12,14). The Hall–Kier alpha value is -1.40. The van der Waals surface area contributed by atoms with E-state index in [-0.39, 0.29) is 10.8 Å². The van der Waals surface area contributed by atoms with Crippen LogP contribution in [0.15, 0.2) is 29.2 Å². The maximum atomic E-state index is 12.0. The fourth-order valence-electron chi connectivity index (χ4n) is 1.59. The third kappa shape index (κ3) is 2.48. The van der Waals surface area contributed by atoms with Crippen LogP contribution in [0.25, 0.3) is 0 Å². The molecule has 2 rings (SSSR count). The van der Waals surface area contributed by atoms with E-state index in [0.717, 1.165) is 6.42 Å². The number of benzene rings is 1. The third-order valence-corrected chi connectivity index (χ3v) is 4.54. The second-order valence-electron chi connectivity index (χ2n) is 3.96. The lowest BCUT2D eigenvalue weighted by Crippen LogP contribution is -2.41. The number of hydrogen-bond acceptors (Lipinski definition) is 3. The molecule has 92 valence electrons. The highest BCUT2D eigenvalue weighted by molar-refractivity contribution is 7.89. The number of rotatable bonds is 3. The summed E-state index contributed by atoms with van der Waals surface area (Å²) in [7, 11) is -3.33. The van der Waals surface area contributed by atoms with E-state index < -0.39 is 10.0 Å². The molecule has 1 N–H and O–H groups in total. The summed E-state index contributed by atoms with van der Waals surface area (Å²) < 4.78 is 25.4. The molecule has 0 radical (unpaired) electrons. The number of amides is 1. The van der Waals surface area contributed by atoms with Gasteiger partial charge in [-0.05, 0) is 30.7 Å². The van der Waals surface area contributed by atoms with Crippen molar-refractivity contribution in [3.8, 4) is 0 Å². The Kier molecular flexibility index (Phi) is 3.17. The predicted molar refractivity (Wildman–Crippen MR) is 64.1 cm³/mol. The van der Waals surface area contributed by atoms with Gasteiger partial charge in [0.05, 0.1) is 4.90 Å². The second-order valence-corrected chi connectivity index (χ2v) is 5.90. The minimum Gasteiger partial charge on any atom is -0.326 e. The molecule has 1 saturated heterocycles. The van der Waals surface area contributed by atoms with Gasteiger partial charge in [0.2, 0.25) is 15.9 Å². The Bertz CT molecular complexity index is 518. The molecule has 5 nitrogen and oxygen atoms in total. The fraction of sp³-hybridized carbons (Fsp3) is 0.364. The molecule has 17 heavy (non-hydrogen) atoms. The number of carbonyl (C=O) groups is 1. The summed E-state index contributed by atoms with van der Waals surface area (Å²) in [5, 5.41) is 2.59. The van der Waals surface area contributed by atoms with E-state index in [1.54, 1.807) is 12.1 Å². The first-order chi connectivity index (χ1) is 8.00. The molecule has 1 amide bonds. The number of sulfonamides is 1. The summed E-state index contributed by atoms with van der Waals surface area (Å²) in [6.07, 6.45) is 0.920. The highest BCUT2D eigenvalue weighted by Crippen LogP contribution is 2.22. The van der Waals surface area contributed by atoms with Gasteiger partial charge in [0.15, 0.2) is 0 Å². The average Bonchev–Trinajstić information content (AvgIpc) is 2.13. The molecule has 0 aliphatic carbocycles. The van der Waals surface area contributed by atoms with Gasteiger partial charge in [0.1, 0.15) is 0 Å². The molecule has 1 fully saturated rings. The van der Waals surface area contributed by atoms with E-state index in [1.165, 1.54) is 23.4 Å². The quantitative estimate of drug-likeness (QED) is 0.876. The molecular weight excluding hydrogens is 240 g/mol. The van der Waals surface area contributed by atoms with E-state index in [9.17, 15) is 13.2 Å². The average molecular weight is 254 g/mol. The van der Waals surface area contributed by atoms with E-state index in [2.05, 4.69) is 5.32 Å². The van der Waals surface area contributed by atoms with Gasteiger partial charge in [-0.15, -0.1) is 0 Å². The van der Waals surface area contributed by atoms with Crippen molar-refractivity contribution < 1.29 is 13.2 Å². The van der Waals surface area contributed by atoms with E-state index in [1.807, 2.05) is 0 Å². The molecule has 0 saturated carbocycles. The number of anilines is 1. The Labute approximate surface area is 100 Å². The zero-order valence-corrected chi connectivity index (χ0v) is 10.3. The maximum absolute atomic E-state index is 12.0. The van der Waals surface area contributed by atoms with E-state index in [0.29, 0.717) is 18.8 Å². The van der Waals surface area contributed by atoms with Gasteiger partial charge < -0.3 is 5.32 Å². The molecule has 6 heteroatoms. The van der Waals surface area contributed by atoms with Crippen LogP contribution in [0, 0.1) is 0 Å². The van der Waals surface area contributed by atoms with Gasteiger partial charge in [-0.1, -0.05) is 0 Å². The molecule has 1 aliphatic heterocycles. The normalized spacial score (nSPS) is 16.3. The molecule has 1 aromatic carbocycles. The molecule has 0 unspecified atom stereocenters. The number of hydrogen-bond donors (Lipinski definition) is 1.